The van der Waals surface area contributed by atoms with E-state index in [-0.39, 0.29) is 6.04 Å². The van der Waals surface area contributed by atoms with E-state index >= 15 is 0 Å². The molecule has 0 bridgehead atoms. The topological polar surface area (TPSA) is 39.7 Å². The summed E-state index contributed by atoms with van der Waals surface area (Å²) in [4.78, 5) is 0. The molecule has 0 aromatic heterocycles. The summed E-state index contributed by atoms with van der Waals surface area (Å²) in [5.74, 6) is 2.98. The smallest absolute Gasteiger partial charge is 0.162 e. The maximum atomic E-state index is 6.17. The highest BCUT2D eigenvalue weighted by Gasteiger charge is 2.24. The Kier molecular flexibility index (Phi) is 6.78. The summed E-state index contributed by atoms with van der Waals surface area (Å²) in [6.45, 7) is 6.48. The van der Waals surface area contributed by atoms with Gasteiger partial charge in [0.15, 0.2) is 11.5 Å². The van der Waals surface area contributed by atoms with Crippen LogP contribution in [-0.4, -0.2) is 20.3 Å². The standard InChI is InChI=1S/C27H31NO3/c1-19(2)17-30-23-11-9-21(10-12-23)27-24-16-26(31-18-20-7-5-4-6-8-20)25(29-3)15-22(24)13-14-28-27/h4-12,15-16,19,27-28H,13-14,17-18H2,1-3H3. The Labute approximate surface area is 185 Å². The molecule has 0 radical (unpaired) electrons. The van der Waals surface area contributed by atoms with Crippen LogP contribution in [0.5, 0.6) is 17.2 Å². The van der Waals surface area contributed by atoms with Crippen LogP contribution in [0.2, 0.25) is 0 Å². The van der Waals surface area contributed by atoms with Crippen molar-refractivity contribution in [3.63, 3.8) is 0 Å². The Balaban J connectivity index is 1.57. The molecule has 4 nitrogen and oxygen atoms in total. The lowest BCUT2D eigenvalue weighted by Gasteiger charge is -2.29. The van der Waals surface area contributed by atoms with Gasteiger partial charge in [-0.3, -0.25) is 0 Å². The van der Waals surface area contributed by atoms with Crippen molar-refractivity contribution in [2.45, 2.75) is 32.9 Å². The number of ether oxygens (including phenoxy) is 3. The molecule has 31 heavy (non-hydrogen) atoms. The van der Waals surface area contributed by atoms with E-state index in [0.717, 1.165) is 42.4 Å². The molecule has 0 saturated heterocycles. The van der Waals surface area contributed by atoms with Crippen molar-refractivity contribution < 1.29 is 14.2 Å². The number of hydrogen-bond donors (Lipinski definition) is 1. The summed E-state index contributed by atoms with van der Waals surface area (Å²) in [6, 6.07) is 23.0. The predicted octanol–water partition coefficient (Wildman–Crippen LogP) is 5.54. The molecular weight excluding hydrogens is 386 g/mol. The van der Waals surface area contributed by atoms with Crippen molar-refractivity contribution >= 4 is 0 Å². The first-order valence-corrected chi connectivity index (χ1v) is 11.0. The highest BCUT2D eigenvalue weighted by molar-refractivity contribution is 5.52. The predicted molar refractivity (Wildman–Crippen MR) is 124 cm³/mol. The number of methoxy groups -OCH3 is 1. The maximum Gasteiger partial charge on any atom is 0.162 e. The van der Waals surface area contributed by atoms with Crippen molar-refractivity contribution in [3.05, 3.63) is 89.0 Å². The van der Waals surface area contributed by atoms with Crippen LogP contribution < -0.4 is 19.5 Å². The van der Waals surface area contributed by atoms with Gasteiger partial charge in [0.2, 0.25) is 0 Å². The Morgan fingerprint density at radius 1 is 0.935 bits per heavy atom. The van der Waals surface area contributed by atoms with Crippen LogP contribution in [0.15, 0.2) is 66.7 Å². The monoisotopic (exact) mass is 417 g/mol. The second-order valence-electron chi connectivity index (χ2n) is 8.39. The van der Waals surface area contributed by atoms with E-state index in [1.54, 1.807) is 7.11 Å². The first-order chi connectivity index (χ1) is 15.1. The summed E-state index contributed by atoms with van der Waals surface area (Å²) in [5.41, 5.74) is 4.89. The molecule has 3 aromatic rings. The summed E-state index contributed by atoms with van der Waals surface area (Å²) in [7, 11) is 1.70. The fourth-order valence-electron chi connectivity index (χ4n) is 3.89. The second kappa shape index (κ2) is 9.88. The molecule has 4 heteroatoms. The van der Waals surface area contributed by atoms with Gasteiger partial charge in [0.1, 0.15) is 12.4 Å². The van der Waals surface area contributed by atoms with E-state index in [2.05, 4.69) is 67.7 Å². The third kappa shape index (κ3) is 5.20. The molecule has 1 N–H and O–H groups in total. The third-order valence-electron chi connectivity index (χ3n) is 5.51. The van der Waals surface area contributed by atoms with Crippen molar-refractivity contribution in [2.75, 3.05) is 20.3 Å². The van der Waals surface area contributed by atoms with Crippen LogP contribution in [0.4, 0.5) is 0 Å². The molecule has 0 fully saturated rings. The molecule has 0 amide bonds. The van der Waals surface area contributed by atoms with Crippen LogP contribution in [0.1, 0.15) is 42.1 Å². The molecule has 162 valence electrons. The lowest BCUT2D eigenvalue weighted by molar-refractivity contribution is 0.271. The van der Waals surface area contributed by atoms with Gasteiger partial charge >= 0.3 is 0 Å². The molecule has 1 heterocycles. The Hall–Kier alpha value is -2.98. The largest absolute Gasteiger partial charge is 0.493 e. The average molecular weight is 418 g/mol. The first kappa shape index (κ1) is 21.3. The van der Waals surface area contributed by atoms with Crippen molar-refractivity contribution in [2.24, 2.45) is 5.92 Å². The molecule has 0 spiro atoms. The van der Waals surface area contributed by atoms with Gasteiger partial charge in [-0.2, -0.15) is 0 Å². The molecule has 3 aromatic carbocycles. The van der Waals surface area contributed by atoms with Gasteiger partial charge < -0.3 is 19.5 Å². The summed E-state index contributed by atoms with van der Waals surface area (Å²) >= 11 is 0. The highest BCUT2D eigenvalue weighted by atomic mass is 16.5. The number of fused-ring (bicyclic) bond motifs is 1. The SMILES string of the molecule is COc1cc2c(cc1OCc1ccccc1)C(c1ccc(OCC(C)C)cc1)NCC2. The molecule has 0 saturated carbocycles. The van der Waals surface area contributed by atoms with Gasteiger partial charge in [-0.15, -0.1) is 0 Å². The van der Waals surface area contributed by atoms with E-state index in [1.165, 1.54) is 16.7 Å². The average Bonchev–Trinajstić information content (AvgIpc) is 2.81. The minimum atomic E-state index is 0.118. The zero-order valence-electron chi connectivity index (χ0n) is 18.6. The second-order valence-corrected chi connectivity index (χ2v) is 8.39. The maximum absolute atomic E-state index is 6.17. The van der Waals surface area contributed by atoms with E-state index < -0.39 is 0 Å². The minimum Gasteiger partial charge on any atom is -0.493 e. The lowest BCUT2D eigenvalue weighted by atomic mass is 9.89. The van der Waals surface area contributed by atoms with E-state index in [1.807, 2.05) is 18.2 Å². The molecule has 1 aliphatic heterocycles. The van der Waals surface area contributed by atoms with Gasteiger partial charge in [0.25, 0.3) is 0 Å². The molecule has 1 atom stereocenters. The number of hydrogen-bond acceptors (Lipinski definition) is 4. The fourth-order valence-corrected chi connectivity index (χ4v) is 3.89. The zero-order chi connectivity index (χ0) is 21.6. The Morgan fingerprint density at radius 3 is 2.42 bits per heavy atom. The van der Waals surface area contributed by atoms with Crippen molar-refractivity contribution in [3.8, 4) is 17.2 Å². The molecular formula is C27H31NO3. The van der Waals surface area contributed by atoms with E-state index in [4.69, 9.17) is 14.2 Å². The molecule has 4 rings (SSSR count). The Morgan fingerprint density at radius 2 is 1.71 bits per heavy atom. The van der Waals surface area contributed by atoms with Gasteiger partial charge in [0, 0.05) is 6.54 Å². The van der Waals surface area contributed by atoms with Gasteiger partial charge in [-0.1, -0.05) is 56.3 Å². The van der Waals surface area contributed by atoms with Gasteiger partial charge in [0.05, 0.1) is 19.8 Å². The molecule has 1 unspecified atom stereocenters. The molecule has 0 aliphatic carbocycles. The van der Waals surface area contributed by atoms with Crippen molar-refractivity contribution in [1.29, 1.82) is 0 Å². The van der Waals surface area contributed by atoms with Crippen molar-refractivity contribution in [1.82, 2.24) is 5.32 Å². The number of nitrogens with one attached hydrogen (secondary N) is 1. The van der Waals surface area contributed by atoms with E-state index in [0.29, 0.717) is 12.5 Å². The summed E-state index contributed by atoms with van der Waals surface area (Å²) in [6.07, 6.45) is 0.969. The summed E-state index contributed by atoms with van der Waals surface area (Å²) in [5, 5.41) is 3.66. The van der Waals surface area contributed by atoms with Gasteiger partial charge in [-0.25, -0.2) is 0 Å². The number of benzene rings is 3. The lowest BCUT2D eigenvalue weighted by Crippen LogP contribution is -2.30. The summed E-state index contributed by atoms with van der Waals surface area (Å²) < 4.78 is 17.7. The van der Waals surface area contributed by atoms with Crippen LogP contribution in [0, 0.1) is 5.92 Å². The quantitative estimate of drug-likeness (QED) is 0.522. The normalized spacial score (nSPS) is 15.4. The fraction of sp³-hybridized carbons (Fsp3) is 0.333. The molecule has 1 aliphatic rings. The van der Waals surface area contributed by atoms with Crippen LogP contribution >= 0.6 is 0 Å². The third-order valence-corrected chi connectivity index (χ3v) is 5.51. The minimum absolute atomic E-state index is 0.118. The van der Waals surface area contributed by atoms with E-state index in [9.17, 15) is 0 Å². The zero-order valence-corrected chi connectivity index (χ0v) is 18.6. The van der Waals surface area contributed by atoms with Crippen LogP contribution in [0.3, 0.4) is 0 Å². The highest BCUT2D eigenvalue weighted by Crippen LogP contribution is 2.38. The van der Waals surface area contributed by atoms with Crippen LogP contribution in [-0.2, 0) is 13.0 Å². The first-order valence-electron chi connectivity index (χ1n) is 11.0. The Bertz CT molecular complexity index is 983. The van der Waals surface area contributed by atoms with Gasteiger partial charge in [-0.05, 0) is 58.9 Å². The van der Waals surface area contributed by atoms with Crippen LogP contribution in [0.25, 0.3) is 0 Å². The number of rotatable bonds is 8.